The zero-order chi connectivity index (χ0) is 9.97. The van der Waals surface area contributed by atoms with Gasteiger partial charge in [0.05, 0.1) is 4.47 Å². The van der Waals surface area contributed by atoms with E-state index in [0.717, 1.165) is 18.8 Å². The molecule has 0 atom stereocenters. The minimum absolute atomic E-state index is 0.189. The van der Waals surface area contributed by atoms with Crippen molar-refractivity contribution >= 4 is 21.6 Å². The smallest absolute Gasteiger partial charge is 0.137 e. The van der Waals surface area contributed by atoms with Gasteiger partial charge in [-0.05, 0) is 53.4 Å². The molecule has 3 heteroatoms. The summed E-state index contributed by atoms with van der Waals surface area (Å²) in [6.07, 6.45) is 3.81. The van der Waals surface area contributed by atoms with Gasteiger partial charge in [-0.15, -0.1) is 0 Å². The molecule has 1 aliphatic heterocycles. The lowest BCUT2D eigenvalue weighted by Gasteiger charge is -2.28. The molecule has 0 amide bonds. The van der Waals surface area contributed by atoms with Crippen LogP contribution in [0.3, 0.4) is 0 Å². The van der Waals surface area contributed by atoms with Crippen molar-refractivity contribution in [3.8, 4) is 0 Å². The zero-order valence-electron chi connectivity index (χ0n) is 7.97. The lowest BCUT2D eigenvalue weighted by molar-refractivity contribution is 0.576. The number of anilines is 1. The summed E-state index contributed by atoms with van der Waals surface area (Å²) in [5.74, 6) is -0.189. The van der Waals surface area contributed by atoms with Gasteiger partial charge >= 0.3 is 0 Å². The van der Waals surface area contributed by atoms with Crippen LogP contribution in [-0.2, 0) is 0 Å². The molecule has 1 aromatic carbocycles. The first-order valence-corrected chi connectivity index (χ1v) is 5.77. The van der Waals surface area contributed by atoms with E-state index in [1.165, 1.54) is 25.3 Å². The first-order chi connectivity index (χ1) is 6.77. The highest BCUT2D eigenvalue weighted by atomic mass is 79.9. The van der Waals surface area contributed by atoms with E-state index in [0.29, 0.717) is 4.47 Å². The molecule has 1 saturated heterocycles. The van der Waals surface area contributed by atoms with E-state index < -0.39 is 0 Å². The fraction of sp³-hybridized carbons (Fsp3) is 0.455. The van der Waals surface area contributed by atoms with Crippen molar-refractivity contribution in [1.29, 1.82) is 0 Å². The normalized spacial score (nSPS) is 17.1. The summed E-state index contributed by atoms with van der Waals surface area (Å²) in [6, 6.07) is 5.24. The molecule has 76 valence electrons. The van der Waals surface area contributed by atoms with Gasteiger partial charge in [-0.25, -0.2) is 4.39 Å². The Hall–Kier alpha value is -0.570. The Balaban J connectivity index is 2.18. The van der Waals surface area contributed by atoms with Crippen molar-refractivity contribution in [2.45, 2.75) is 19.3 Å². The van der Waals surface area contributed by atoms with E-state index in [2.05, 4.69) is 20.8 Å². The molecule has 0 aromatic heterocycles. The van der Waals surface area contributed by atoms with Crippen LogP contribution in [0.4, 0.5) is 10.1 Å². The third-order valence-electron chi connectivity index (χ3n) is 2.62. The zero-order valence-corrected chi connectivity index (χ0v) is 9.56. The Morgan fingerprint density at radius 1 is 1.14 bits per heavy atom. The first kappa shape index (κ1) is 9.97. The summed E-state index contributed by atoms with van der Waals surface area (Å²) < 4.78 is 13.6. The van der Waals surface area contributed by atoms with Crippen LogP contribution in [0.15, 0.2) is 22.7 Å². The summed E-state index contributed by atoms with van der Waals surface area (Å²) in [7, 11) is 0. The average molecular weight is 258 g/mol. The minimum Gasteiger partial charge on any atom is -0.372 e. The predicted octanol–water partition coefficient (Wildman–Crippen LogP) is 3.58. The van der Waals surface area contributed by atoms with Crippen LogP contribution in [0.5, 0.6) is 0 Å². The third kappa shape index (κ3) is 2.08. The number of halogens is 2. The second-order valence-corrected chi connectivity index (χ2v) is 4.50. The highest BCUT2D eigenvalue weighted by Gasteiger charge is 2.11. The van der Waals surface area contributed by atoms with Crippen LogP contribution in [-0.4, -0.2) is 13.1 Å². The average Bonchev–Trinajstić information content (AvgIpc) is 2.23. The molecule has 0 aliphatic carbocycles. The maximum absolute atomic E-state index is 13.0. The molecule has 14 heavy (non-hydrogen) atoms. The maximum Gasteiger partial charge on any atom is 0.137 e. The Morgan fingerprint density at radius 2 is 1.86 bits per heavy atom. The van der Waals surface area contributed by atoms with Gasteiger partial charge in [0.1, 0.15) is 5.82 Å². The standard InChI is InChI=1S/C11H13BrFN/c12-10-8-9(4-5-11(10)13)14-6-2-1-3-7-14/h4-5,8H,1-3,6-7H2. The summed E-state index contributed by atoms with van der Waals surface area (Å²) in [6.45, 7) is 2.19. The molecule has 1 aliphatic rings. The first-order valence-electron chi connectivity index (χ1n) is 4.97. The van der Waals surface area contributed by atoms with E-state index >= 15 is 0 Å². The fourth-order valence-electron chi connectivity index (χ4n) is 1.83. The molecule has 0 saturated carbocycles. The monoisotopic (exact) mass is 257 g/mol. The lowest BCUT2D eigenvalue weighted by atomic mass is 10.1. The molecular formula is C11H13BrFN. The molecule has 0 spiro atoms. The van der Waals surface area contributed by atoms with E-state index in [9.17, 15) is 4.39 Å². The highest BCUT2D eigenvalue weighted by molar-refractivity contribution is 9.10. The molecule has 0 bridgehead atoms. The van der Waals surface area contributed by atoms with Gasteiger partial charge in [0, 0.05) is 18.8 Å². The van der Waals surface area contributed by atoms with Crippen molar-refractivity contribution in [2.24, 2.45) is 0 Å². The molecular weight excluding hydrogens is 245 g/mol. The van der Waals surface area contributed by atoms with Gasteiger partial charge < -0.3 is 4.90 Å². The molecule has 1 fully saturated rings. The molecule has 1 nitrogen and oxygen atoms in total. The molecule has 0 unspecified atom stereocenters. The second kappa shape index (κ2) is 4.30. The summed E-state index contributed by atoms with van der Waals surface area (Å²) >= 11 is 3.21. The number of hydrogen-bond donors (Lipinski definition) is 0. The number of benzene rings is 1. The summed E-state index contributed by atoms with van der Waals surface area (Å²) in [5.41, 5.74) is 1.12. The van der Waals surface area contributed by atoms with Crippen molar-refractivity contribution in [3.05, 3.63) is 28.5 Å². The van der Waals surface area contributed by atoms with Crippen molar-refractivity contribution in [2.75, 3.05) is 18.0 Å². The van der Waals surface area contributed by atoms with Gasteiger partial charge in [-0.1, -0.05) is 0 Å². The van der Waals surface area contributed by atoms with Gasteiger partial charge in [0.15, 0.2) is 0 Å². The molecule has 1 heterocycles. The van der Waals surface area contributed by atoms with Crippen LogP contribution in [0.2, 0.25) is 0 Å². The van der Waals surface area contributed by atoms with Gasteiger partial charge in [0.25, 0.3) is 0 Å². The number of piperidine rings is 1. The van der Waals surface area contributed by atoms with Gasteiger partial charge in [0.2, 0.25) is 0 Å². The number of hydrogen-bond acceptors (Lipinski definition) is 1. The summed E-state index contributed by atoms with van der Waals surface area (Å²) in [4.78, 5) is 2.31. The highest BCUT2D eigenvalue weighted by Crippen LogP contribution is 2.25. The van der Waals surface area contributed by atoms with Crippen molar-refractivity contribution < 1.29 is 4.39 Å². The van der Waals surface area contributed by atoms with Crippen LogP contribution in [0, 0.1) is 5.82 Å². The molecule has 1 aromatic rings. The SMILES string of the molecule is Fc1ccc(N2CCCCC2)cc1Br. The van der Waals surface area contributed by atoms with Crippen molar-refractivity contribution in [3.63, 3.8) is 0 Å². The van der Waals surface area contributed by atoms with E-state index in [-0.39, 0.29) is 5.82 Å². The largest absolute Gasteiger partial charge is 0.372 e. The van der Waals surface area contributed by atoms with Crippen molar-refractivity contribution in [1.82, 2.24) is 0 Å². The van der Waals surface area contributed by atoms with E-state index in [4.69, 9.17) is 0 Å². The third-order valence-corrected chi connectivity index (χ3v) is 3.23. The molecule has 0 N–H and O–H groups in total. The topological polar surface area (TPSA) is 3.24 Å². The Labute approximate surface area is 92.0 Å². The van der Waals surface area contributed by atoms with E-state index in [1.807, 2.05) is 12.1 Å². The van der Waals surface area contributed by atoms with Crippen LogP contribution < -0.4 is 4.90 Å². The van der Waals surface area contributed by atoms with Crippen LogP contribution in [0.1, 0.15) is 19.3 Å². The fourth-order valence-corrected chi connectivity index (χ4v) is 2.20. The number of nitrogens with zero attached hydrogens (tertiary/aromatic N) is 1. The lowest BCUT2D eigenvalue weighted by Crippen LogP contribution is -2.29. The Morgan fingerprint density at radius 3 is 2.50 bits per heavy atom. The number of rotatable bonds is 1. The minimum atomic E-state index is -0.189. The van der Waals surface area contributed by atoms with Gasteiger partial charge in [-0.3, -0.25) is 0 Å². The van der Waals surface area contributed by atoms with Crippen LogP contribution in [0.25, 0.3) is 0 Å². The second-order valence-electron chi connectivity index (χ2n) is 3.65. The quantitative estimate of drug-likeness (QED) is 0.744. The van der Waals surface area contributed by atoms with Gasteiger partial charge in [-0.2, -0.15) is 0 Å². The Kier molecular flexibility index (Phi) is 3.06. The Bertz CT molecular complexity index is 321. The van der Waals surface area contributed by atoms with E-state index in [1.54, 1.807) is 0 Å². The molecule has 2 rings (SSSR count). The maximum atomic E-state index is 13.0. The summed E-state index contributed by atoms with van der Waals surface area (Å²) in [5, 5.41) is 0. The predicted molar refractivity (Wildman–Crippen MR) is 60.2 cm³/mol. The van der Waals surface area contributed by atoms with Crippen LogP contribution >= 0.6 is 15.9 Å². The molecule has 0 radical (unpaired) electrons.